The molecule has 3 heterocycles. The van der Waals surface area contributed by atoms with Crippen molar-refractivity contribution < 1.29 is 9.47 Å². The molecule has 1 fully saturated rings. The van der Waals surface area contributed by atoms with Gasteiger partial charge in [-0.2, -0.15) is 4.98 Å². The summed E-state index contributed by atoms with van der Waals surface area (Å²) in [4.78, 5) is 15.5. The van der Waals surface area contributed by atoms with Crippen molar-refractivity contribution in [2.45, 2.75) is 6.61 Å². The van der Waals surface area contributed by atoms with Crippen LogP contribution in [0.2, 0.25) is 0 Å². The van der Waals surface area contributed by atoms with Crippen LogP contribution < -0.4 is 19.7 Å². The standard InChI is InChI=1S/C19H21N5O2/c1-25-18-10-15(22-19(23-18)24-8-6-20-7-9-24)13-26-17-12-21-11-14-4-2-3-5-16(14)17/h2-5,10-12,20H,6-9,13H2,1H3. The Morgan fingerprint density at radius 2 is 1.96 bits per heavy atom. The van der Waals surface area contributed by atoms with Crippen LogP contribution in [0, 0.1) is 0 Å². The Morgan fingerprint density at radius 3 is 2.81 bits per heavy atom. The van der Waals surface area contributed by atoms with Gasteiger partial charge in [-0.25, -0.2) is 4.98 Å². The van der Waals surface area contributed by atoms with E-state index in [0.717, 1.165) is 48.4 Å². The third-order valence-electron chi connectivity index (χ3n) is 4.36. The summed E-state index contributed by atoms with van der Waals surface area (Å²) < 4.78 is 11.4. The van der Waals surface area contributed by atoms with E-state index in [9.17, 15) is 0 Å². The van der Waals surface area contributed by atoms with Crippen LogP contribution >= 0.6 is 0 Å². The molecule has 1 aliphatic rings. The number of piperazine rings is 1. The van der Waals surface area contributed by atoms with Gasteiger partial charge in [-0.05, 0) is 0 Å². The maximum atomic E-state index is 6.01. The number of pyridine rings is 1. The summed E-state index contributed by atoms with van der Waals surface area (Å²) in [6.07, 6.45) is 3.57. The highest BCUT2D eigenvalue weighted by Gasteiger charge is 2.16. The Kier molecular flexibility index (Phi) is 4.79. The molecule has 134 valence electrons. The van der Waals surface area contributed by atoms with E-state index < -0.39 is 0 Å². The number of ether oxygens (including phenoxy) is 2. The van der Waals surface area contributed by atoms with Gasteiger partial charge in [-0.1, -0.05) is 24.3 Å². The third kappa shape index (κ3) is 3.52. The highest BCUT2D eigenvalue weighted by molar-refractivity contribution is 5.87. The van der Waals surface area contributed by atoms with Crippen LogP contribution in [0.5, 0.6) is 11.6 Å². The summed E-state index contributed by atoms with van der Waals surface area (Å²) in [5, 5.41) is 5.41. The maximum Gasteiger partial charge on any atom is 0.229 e. The molecule has 1 aliphatic heterocycles. The zero-order chi connectivity index (χ0) is 17.8. The molecule has 0 spiro atoms. The lowest BCUT2D eigenvalue weighted by Crippen LogP contribution is -2.44. The first-order valence-electron chi connectivity index (χ1n) is 8.66. The molecule has 4 rings (SSSR count). The lowest BCUT2D eigenvalue weighted by molar-refractivity contribution is 0.301. The van der Waals surface area contributed by atoms with Crippen LogP contribution in [0.4, 0.5) is 5.95 Å². The molecule has 0 amide bonds. The zero-order valence-corrected chi connectivity index (χ0v) is 14.7. The van der Waals surface area contributed by atoms with E-state index in [1.165, 1.54) is 0 Å². The van der Waals surface area contributed by atoms with Crippen molar-refractivity contribution >= 4 is 16.7 Å². The minimum Gasteiger partial charge on any atom is -0.485 e. The van der Waals surface area contributed by atoms with E-state index in [-0.39, 0.29) is 0 Å². The fourth-order valence-corrected chi connectivity index (χ4v) is 3.00. The van der Waals surface area contributed by atoms with Gasteiger partial charge in [0.15, 0.2) is 0 Å². The second-order valence-corrected chi connectivity index (χ2v) is 6.09. The van der Waals surface area contributed by atoms with Crippen LogP contribution in [0.1, 0.15) is 5.69 Å². The van der Waals surface area contributed by atoms with Crippen LogP contribution in [0.15, 0.2) is 42.7 Å². The molecule has 3 aromatic rings. The molecular formula is C19H21N5O2. The van der Waals surface area contributed by atoms with Gasteiger partial charge >= 0.3 is 0 Å². The van der Waals surface area contributed by atoms with Crippen molar-refractivity contribution in [2.24, 2.45) is 0 Å². The van der Waals surface area contributed by atoms with Gasteiger partial charge in [0.2, 0.25) is 11.8 Å². The molecule has 1 saturated heterocycles. The molecule has 26 heavy (non-hydrogen) atoms. The van der Waals surface area contributed by atoms with Crippen LogP contribution in [-0.4, -0.2) is 48.2 Å². The molecule has 0 atom stereocenters. The van der Waals surface area contributed by atoms with Gasteiger partial charge in [0.05, 0.1) is 19.0 Å². The zero-order valence-electron chi connectivity index (χ0n) is 14.7. The minimum atomic E-state index is 0.327. The summed E-state index contributed by atoms with van der Waals surface area (Å²) in [5.74, 6) is 1.97. The van der Waals surface area contributed by atoms with Crippen molar-refractivity contribution in [2.75, 3.05) is 38.2 Å². The average molecular weight is 351 g/mol. The van der Waals surface area contributed by atoms with Crippen molar-refractivity contribution in [3.8, 4) is 11.6 Å². The highest BCUT2D eigenvalue weighted by Crippen LogP contribution is 2.25. The Labute approximate surface area is 152 Å². The molecule has 1 N–H and O–H groups in total. The monoisotopic (exact) mass is 351 g/mol. The van der Waals surface area contributed by atoms with Gasteiger partial charge in [-0.15, -0.1) is 0 Å². The lowest BCUT2D eigenvalue weighted by atomic mass is 10.2. The van der Waals surface area contributed by atoms with Crippen molar-refractivity contribution in [3.05, 3.63) is 48.4 Å². The molecule has 2 aromatic heterocycles. The molecule has 0 unspecified atom stereocenters. The van der Waals surface area contributed by atoms with Crippen molar-refractivity contribution in [1.82, 2.24) is 20.3 Å². The van der Waals surface area contributed by atoms with Crippen LogP contribution in [0.3, 0.4) is 0 Å². The minimum absolute atomic E-state index is 0.327. The predicted octanol–water partition coefficient (Wildman–Crippen LogP) is 2.02. The van der Waals surface area contributed by atoms with Gasteiger partial charge < -0.3 is 19.7 Å². The fraction of sp³-hybridized carbons (Fsp3) is 0.316. The molecule has 1 aromatic carbocycles. The summed E-state index contributed by atoms with van der Waals surface area (Å²) in [6, 6.07) is 9.84. The lowest BCUT2D eigenvalue weighted by Gasteiger charge is -2.27. The van der Waals surface area contributed by atoms with E-state index in [1.807, 2.05) is 36.5 Å². The van der Waals surface area contributed by atoms with Gasteiger partial charge in [0.25, 0.3) is 0 Å². The van der Waals surface area contributed by atoms with Gasteiger partial charge in [-0.3, -0.25) is 4.98 Å². The summed E-state index contributed by atoms with van der Waals surface area (Å²) in [5.41, 5.74) is 0.776. The van der Waals surface area contributed by atoms with E-state index in [4.69, 9.17) is 9.47 Å². The number of benzene rings is 1. The van der Waals surface area contributed by atoms with E-state index in [0.29, 0.717) is 18.4 Å². The number of fused-ring (bicyclic) bond motifs is 1. The predicted molar refractivity (Wildman–Crippen MR) is 99.7 cm³/mol. The van der Waals surface area contributed by atoms with E-state index >= 15 is 0 Å². The van der Waals surface area contributed by atoms with Crippen molar-refractivity contribution in [1.29, 1.82) is 0 Å². The molecule has 0 saturated carbocycles. The van der Waals surface area contributed by atoms with Crippen molar-refractivity contribution in [3.63, 3.8) is 0 Å². The van der Waals surface area contributed by atoms with Crippen LogP contribution in [0.25, 0.3) is 10.8 Å². The van der Waals surface area contributed by atoms with Crippen LogP contribution in [-0.2, 0) is 6.61 Å². The first kappa shape index (κ1) is 16.5. The smallest absolute Gasteiger partial charge is 0.229 e. The number of anilines is 1. The summed E-state index contributed by atoms with van der Waals surface area (Å²) >= 11 is 0. The Morgan fingerprint density at radius 1 is 1.12 bits per heavy atom. The largest absolute Gasteiger partial charge is 0.485 e. The molecular weight excluding hydrogens is 330 g/mol. The summed E-state index contributed by atoms with van der Waals surface area (Å²) in [7, 11) is 1.61. The number of nitrogens with zero attached hydrogens (tertiary/aromatic N) is 4. The third-order valence-corrected chi connectivity index (χ3v) is 4.36. The molecule has 7 nitrogen and oxygen atoms in total. The number of hydrogen-bond acceptors (Lipinski definition) is 7. The number of hydrogen-bond donors (Lipinski definition) is 1. The second-order valence-electron chi connectivity index (χ2n) is 6.09. The number of nitrogens with one attached hydrogen (secondary N) is 1. The Bertz CT molecular complexity index is 891. The maximum absolute atomic E-state index is 6.01. The molecule has 0 radical (unpaired) electrons. The molecule has 7 heteroatoms. The Balaban J connectivity index is 1.57. The number of rotatable bonds is 5. The fourth-order valence-electron chi connectivity index (χ4n) is 3.00. The first-order valence-corrected chi connectivity index (χ1v) is 8.66. The number of methoxy groups -OCH3 is 1. The topological polar surface area (TPSA) is 72.4 Å². The molecule has 0 bridgehead atoms. The number of aromatic nitrogens is 3. The van der Waals surface area contributed by atoms with Gasteiger partial charge in [0, 0.05) is 49.2 Å². The SMILES string of the molecule is COc1cc(COc2cncc3ccccc23)nc(N2CCNCC2)n1. The Hall–Kier alpha value is -2.93. The van der Waals surface area contributed by atoms with E-state index in [2.05, 4.69) is 25.2 Å². The summed E-state index contributed by atoms with van der Waals surface area (Å²) in [6.45, 7) is 3.93. The quantitative estimate of drug-likeness (QED) is 0.754. The second kappa shape index (κ2) is 7.53. The van der Waals surface area contributed by atoms with Gasteiger partial charge in [0.1, 0.15) is 12.4 Å². The highest BCUT2D eigenvalue weighted by atomic mass is 16.5. The normalized spacial score (nSPS) is 14.4. The van der Waals surface area contributed by atoms with E-state index in [1.54, 1.807) is 13.3 Å². The average Bonchev–Trinajstić information content (AvgIpc) is 2.72. The molecule has 0 aliphatic carbocycles. The first-order chi connectivity index (χ1) is 12.8.